The second-order valence-electron chi connectivity index (χ2n) is 6.45. The fraction of sp³-hybridized carbons (Fsp3) is 0.353. The van der Waals surface area contributed by atoms with E-state index in [1.165, 1.54) is 18.2 Å². The quantitative estimate of drug-likeness (QED) is 0.753. The molecule has 1 aliphatic carbocycles. The van der Waals surface area contributed by atoms with Gasteiger partial charge in [-0.1, -0.05) is 0 Å². The maximum atomic E-state index is 13.9. The number of hydrogen-bond acceptors (Lipinski definition) is 4. The zero-order chi connectivity index (χ0) is 21.1. The molecule has 28 heavy (non-hydrogen) atoms. The summed E-state index contributed by atoms with van der Waals surface area (Å²) in [6.07, 6.45) is -3.39. The number of aliphatic hydroxyl groups excluding tert-OH is 1. The van der Waals surface area contributed by atoms with Crippen LogP contribution < -0.4 is 0 Å². The van der Waals surface area contributed by atoms with E-state index >= 15 is 0 Å². The molecule has 0 radical (unpaired) electrons. The summed E-state index contributed by atoms with van der Waals surface area (Å²) in [6, 6.07) is 6.06. The van der Waals surface area contributed by atoms with Crippen LogP contribution >= 0.6 is 0 Å². The van der Waals surface area contributed by atoms with Gasteiger partial charge in [0.1, 0.15) is 11.0 Å². The number of fused-ring (bicyclic) bond motifs is 1. The molecule has 1 heterocycles. The van der Waals surface area contributed by atoms with E-state index in [2.05, 4.69) is 0 Å². The summed E-state index contributed by atoms with van der Waals surface area (Å²) < 4.78 is 92.1. The molecule has 11 heteroatoms. The summed E-state index contributed by atoms with van der Waals surface area (Å²) in [5.74, 6) is -3.77. The lowest BCUT2D eigenvalue weighted by Crippen LogP contribution is -2.34. The van der Waals surface area contributed by atoms with Crippen LogP contribution in [0.25, 0.3) is 5.69 Å². The number of nitrogens with zero attached hydrogens (tertiary/aromatic N) is 2. The third-order valence-corrected chi connectivity index (χ3v) is 6.20. The Morgan fingerprint density at radius 3 is 2.50 bits per heavy atom. The van der Waals surface area contributed by atoms with E-state index in [0.29, 0.717) is 17.3 Å². The Kier molecular flexibility index (Phi) is 4.55. The van der Waals surface area contributed by atoms with Crippen LogP contribution in [-0.4, -0.2) is 29.5 Å². The predicted octanol–water partition coefficient (Wildman–Crippen LogP) is 3.57. The molecule has 1 aliphatic rings. The zero-order valence-corrected chi connectivity index (χ0v) is 15.1. The molecular weight excluding hydrogens is 407 g/mol. The molecule has 2 aromatic rings. The fourth-order valence-electron chi connectivity index (χ4n) is 3.21. The highest BCUT2D eigenvalue weighted by Crippen LogP contribution is 2.47. The first kappa shape index (κ1) is 20.3. The number of alkyl halides is 5. The van der Waals surface area contributed by atoms with Crippen molar-refractivity contribution in [3.8, 4) is 11.8 Å². The monoisotopic (exact) mass is 420 g/mol. The van der Waals surface area contributed by atoms with E-state index in [9.17, 15) is 35.5 Å². The number of halogens is 5. The highest BCUT2D eigenvalue weighted by molar-refractivity contribution is 7.92. The first-order valence-corrected chi connectivity index (χ1v) is 9.42. The minimum atomic E-state index is -5.98. The molecule has 0 unspecified atom stereocenters. The molecule has 0 saturated carbocycles. The van der Waals surface area contributed by atoms with Gasteiger partial charge < -0.3 is 9.67 Å². The van der Waals surface area contributed by atoms with Crippen LogP contribution in [0, 0.1) is 18.3 Å². The van der Waals surface area contributed by atoms with Crippen LogP contribution in [0.3, 0.4) is 0 Å². The van der Waals surface area contributed by atoms with E-state index in [4.69, 9.17) is 5.26 Å². The summed E-state index contributed by atoms with van der Waals surface area (Å²) in [6.45, 7) is 1.56. The number of sulfone groups is 1. The van der Waals surface area contributed by atoms with Crippen molar-refractivity contribution in [2.45, 2.75) is 42.2 Å². The summed E-state index contributed by atoms with van der Waals surface area (Å²) in [4.78, 5) is -1.40. The Bertz CT molecular complexity index is 1100. The smallest absolute Gasteiger partial charge is 0.382 e. The van der Waals surface area contributed by atoms with Gasteiger partial charge in [0.15, 0.2) is 0 Å². The molecule has 1 atom stereocenters. The molecule has 0 spiro atoms. The van der Waals surface area contributed by atoms with E-state index in [-0.39, 0.29) is 11.4 Å². The van der Waals surface area contributed by atoms with Crippen molar-refractivity contribution in [1.82, 2.24) is 4.57 Å². The lowest BCUT2D eigenvalue weighted by molar-refractivity contribution is -0.123. The maximum absolute atomic E-state index is 13.9. The van der Waals surface area contributed by atoms with Crippen molar-refractivity contribution < 1.29 is 35.5 Å². The number of nitriles is 1. The van der Waals surface area contributed by atoms with Crippen molar-refractivity contribution >= 4 is 9.84 Å². The summed E-state index contributed by atoms with van der Waals surface area (Å²) in [5.41, 5.74) is -5.88. The molecule has 5 nitrogen and oxygen atoms in total. The summed E-state index contributed by atoms with van der Waals surface area (Å²) in [7, 11) is -5.98. The first-order chi connectivity index (χ1) is 12.8. The van der Waals surface area contributed by atoms with Gasteiger partial charge in [-0.3, -0.25) is 0 Å². The van der Waals surface area contributed by atoms with Gasteiger partial charge in [0.2, 0.25) is 0 Å². The summed E-state index contributed by atoms with van der Waals surface area (Å²) in [5, 5.41) is 18.9. The van der Waals surface area contributed by atoms with Gasteiger partial charge in [-0.15, -0.1) is 0 Å². The van der Waals surface area contributed by atoms with Crippen LogP contribution in [0.15, 0.2) is 29.3 Å². The molecule has 0 bridgehead atoms. The van der Waals surface area contributed by atoms with Gasteiger partial charge in [-0.2, -0.15) is 18.4 Å². The average molecular weight is 420 g/mol. The number of benzene rings is 1. The normalized spacial score (nSPS) is 19.1. The van der Waals surface area contributed by atoms with E-state index in [1.54, 1.807) is 6.92 Å². The maximum Gasteiger partial charge on any atom is 0.501 e. The van der Waals surface area contributed by atoms with Crippen molar-refractivity contribution in [2.24, 2.45) is 0 Å². The van der Waals surface area contributed by atoms with Crippen molar-refractivity contribution in [3.05, 3.63) is 46.8 Å². The Hall–Kier alpha value is -2.45. The Morgan fingerprint density at radius 2 is 1.96 bits per heavy atom. The number of aliphatic hydroxyl groups is 1. The SMILES string of the molecule is Cc1cc(-n2cc(S(=O)(=O)C(F)(F)F)c3c2CCC(F)(F)[C@H]3O)ccc1C#N. The Labute approximate surface area is 156 Å². The minimum Gasteiger partial charge on any atom is -0.382 e. The van der Waals surface area contributed by atoms with Gasteiger partial charge >= 0.3 is 5.51 Å². The number of aromatic nitrogens is 1. The largest absolute Gasteiger partial charge is 0.501 e. The Morgan fingerprint density at radius 1 is 1.32 bits per heavy atom. The molecule has 0 amide bonds. The molecule has 1 aromatic carbocycles. The average Bonchev–Trinajstić information content (AvgIpc) is 2.98. The lowest BCUT2D eigenvalue weighted by atomic mass is 9.91. The fourth-order valence-corrected chi connectivity index (χ4v) is 4.22. The molecular formula is C17H13F5N2O3S. The number of aryl methyl sites for hydroxylation is 1. The van der Waals surface area contributed by atoms with Crippen molar-refractivity contribution in [1.29, 1.82) is 5.26 Å². The minimum absolute atomic E-state index is 0.148. The lowest BCUT2D eigenvalue weighted by Gasteiger charge is -2.29. The van der Waals surface area contributed by atoms with Crippen molar-refractivity contribution in [2.75, 3.05) is 0 Å². The van der Waals surface area contributed by atoms with E-state index < -0.39 is 50.7 Å². The predicted molar refractivity (Wildman–Crippen MR) is 86.7 cm³/mol. The number of hydrogen-bond donors (Lipinski definition) is 1. The molecule has 0 fully saturated rings. The number of rotatable bonds is 2. The van der Waals surface area contributed by atoms with Crippen LogP contribution in [0.5, 0.6) is 0 Å². The third-order valence-electron chi connectivity index (χ3n) is 4.68. The standard InChI is InChI=1S/C17H13F5N2O3S/c1-9-6-11(3-2-10(9)7-23)24-8-13(28(26,27)17(20,21)22)14-12(24)4-5-16(18,19)15(14)25/h2-3,6,8,15,25H,4-5H2,1H3/t15-/m0/s1. The van der Waals surface area contributed by atoms with Gasteiger partial charge in [0.25, 0.3) is 15.8 Å². The van der Waals surface area contributed by atoms with Gasteiger partial charge in [-0.05, 0) is 37.1 Å². The first-order valence-electron chi connectivity index (χ1n) is 7.93. The van der Waals surface area contributed by atoms with Crippen LogP contribution in [0.2, 0.25) is 0 Å². The molecule has 0 aliphatic heterocycles. The summed E-state index contributed by atoms with van der Waals surface area (Å²) >= 11 is 0. The van der Waals surface area contributed by atoms with E-state index in [1.807, 2.05) is 6.07 Å². The van der Waals surface area contributed by atoms with E-state index in [0.717, 1.165) is 4.57 Å². The second kappa shape index (κ2) is 6.28. The van der Waals surface area contributed by atoms with Crippen molar-refractivity contribution in [3.63, 3.8) is 0 Å². The van der Waals surface area contributed by atoms with Crippen LogP contribution in [0.4, 0.5) is 22.0 Å². The topological polar surface area (TPSA) is 83.1 Å². The van der Waals surface area contributed by atoms with Crippen LogP contribution in [0.1, 0.15) is 34.9 Å². The molecule has 150 valence electrons. The highest BCUT2D eigenvalue weighted by Gasteiger charge is 2.53. The molecule has 1 N–H and O–H groups in total. The van der Waals surface area contributed by atoms with Gasteiger partial charge in [-0.25, -0.2) is 17.2 Å². The Balaban J connectivity index is 2.32. The zero-order valence-electron chi connectivity index (χ0n) is 14.3. The van der Waals surface area contributed by atoms with Gasteiger partial charge in [0.05, 0.1) is 11.6 Å². The third kappa shape index (κ3) is 2.97. The highest BCUT2D eigenvalue weighted by atomic mass is 32.2. The molecule has 3 rings (SSSR count). The molecule has 0 saturated heterocycles. The molecule has 1 aromatic heterocycles. The second-order valence-corrected chi connectivity index (χ2v) is 8.36. The van der Waals surface area contributed by atoms with Gasteiger partial charge in [0, 0.05) is 29.6 Å². The van der Waals surface area contributed by atoms with Crippen LogP contribution in [-0.2, 0) is 16.3 Å².